The van der Waals surface area contributed by atoms with E-state index in [1.54, 1.807) is 20.8 Å². The van der Waals surface area contributed by atoms with E-state index >= 15 is 0 Å². The molecule has 1 aliphatic rings. The minimum atomic E-state index is -4.71. The first-order chi connectivity index (χ1) is 7.55. The molecule has 0 saturated heterocycles. The van der Waals surface area contributed by atoms with Crippen molar-refractivity contribution in [1.82, 2.24) is 5.32 Å². The van der Waals surface area contributed by atoms with Crippen LogP contribution in [0.25, 0.3) is 0 Å². The van der Waals surface area contributed by atoms with E-state index in [-0.39, 0.29) is 12.0 Å². The van der Waals surface area contributed by atoms with Crippen molar-refractivity contribution in [1.29, 1.82) is 0 Å². The van der Waals surface area contributed by atoms with Crippen molar-refractivity contribution < 1.29 is 22.5 Å². The Morgan fingerprint density at radius 1 is 1.35 bits per heavy atom. The van der Waals surface area contributed by atoms with Gasteiger partial charge in [-0.25, -0.2) is 4.79 Å². The molecular weight excluding hydrogens is 234 g/mol. The normalized spacial score (nSPS) is 25.1. The summed E-state index contributed by atoms with van der Waals surface area (Å²) in [4.78, 5) is 11.3. The quantitative estimate of drug-likeness (QED) is 0.783. The van der Waals surface area contributed by atoms with Gasteiger partial charge in [-0.1, -0.05) is 12.2 Å². The number of rotatable bonds is 3. The fourth-order valence-corrected chi connectivity index (χ4v) is 1.90. The van der Waals surface area contributed by atoms with Gasteiger partial charge < -0.3 is 23.0 Å². The van der Waals surface area contributed by atoms with Crippen LogP contribution in [-0.4, -0.2) is 24.7 Å². The number of ether oxygens (including phenoxy) is 1. The number of amides is 1. The van der Waals surface area contributed by atoms with Crippen LogP contribution in [0.4, 0.5) is 17.7 Å². The van der Waals surface area contributed by atoms with Crippen LogP contribution in [0.15, 0.2) is 0 Å². The van der Waals surface area contributed by atoms with Crippen LogP contribution in [0.1, 0.15) is 33.6 Å². The molecule has 1 rings (SSSR count). The van der Waals surface area contributed by atoms with Crippen molar-refractivity contribution >= 4 is 13.1 Å². The van der Waals surface area contributed by atoms with Gasteiger partial charge in [0.15, 0.2) is 0 Å². The first kappa shape index (κ1) is 14.2. The van der Waals surface area contributed by atoms with Gasteiger partial charge in [0, 0.05) is 6.04 Å². The van der Waals surface area contributed by atoms with Gasteiger partial charge in [-0.3, -0.25) is 0 Å². The highest BCUT2D eigenvalue weighted by atomic mass is 19.4. The highest BCUT2D eigenvalue weighted by Crippen LogP contribution is 2.36. The number of alkyl carbamates (subject to hydrolysis) is 1. The van der Waals surface area contributed by atoms with Crippen molar-refractivity contribution in [3.05, 3.63) is 0 Å². The molecule has 7 heteroatoms. The van der Waals surface area contributed by atoms with Gasteiger partial charge in [0.05, 0.1) is 0 Å². The molecule has 1 fully saturated rings. The smallest absolute Gasteiger partial charge is 0.449 e. The van der Waals surface area contributed by atoms with Gasteiger partial charge in [-0.15, -0.1) is 0 Å². The Kier molecular flexibility index (Phi) is 3.99. The van der Waals surface area contributed by atoms with Gasteiger partial charge in [-0.05, 0) is 33.6 Å². The second-order valence-electron chi connectivity index (χ2n) is 5.63. The summed E-state index contributed by atoms with van der Waals surface area (Å²) >= 11 is 0. The lowest BCUT2D eigenvalue weighted by Gasteiger charge is -2.38. The van der Waals surface area contributed by atoms with Gasteiger partial charge in [0.25, 0.3) is 0 Å². The largest absolute Gasteiger partial charge is 0.478 e. The summed E-state index contributed by atoms with van der Waals surface area (Å²) in [6.07, 6.45) is -0.480. The maximum atomic E-state index is 12.1. The molecule has 1 amide bonds. The number of carbonyl (C=O) groups excluding carboxylic acids is 1. The van der Waals surface area contributed by atoms with E-state index in [0.29, 0.717) is 12.8 Å². The summed E-state index contributed by atoms with van der Waals surface area (Å²) in [6.45, 7) is 0.506. The van der Waals surface area contributed by atoms with E-state index in [4.69, 9.17) is 4.74 Å². The molecular formula is C10H18BF3NO2-. The van der Waals surface area contributed by atoms with Crippen LogP contribution in [0, 0.1) is 5.92 Å². The van der Waals surface area contributed by atoms with Crippen molar-refractivity contribution in [2.45, 2.75) is 51.6 Å². The van der Waals surface area contributed by atoms with Crippen LogP contribution in [-0.2, 0) is 4.74 Å². The molecule has 17 heavy (non-hydrogen) atoms. The third-order valence-electron chi connectivity index (χ3n) is 2.56. The van der Waals surface area contributed by atoms with E-state index in [1.165, 1.54) is 0 Å². The predicted octanol–water partition coefficient (Wildman–Crippen LogP) is 3.14. The summed E-state index contributed by atoms with van der Waals surface area (Å²) in [7, 11) is 0. The fourth-order valence-electron chi connectivity index (χ4n) is 1.90. The third kappa shape index (κ3) is 5.84. The zero-order valence-corrected chi connectivity index (χ0v) is 10.3. The molecule has 0 aromatic rings. The van der Waals surface area contributed by atoms with E-state index in [1.807, 2.05) is 0 Å². The van der Waals surface area contributed by atoms with Crippen LogP contribution in [0.3, 0.4) is 0 Å². The predicted molar refractivity (Wildman–Crippen MR) is 59.8 cm³/mol. The standard InChI is InChI=1S/C10H18BF3NO2/c1-10(2,3)17-9(16)15-8-4-7(5-8)6-11(12,13)14/h7-8H,4-6H2,1-3H3,(H,15,16)/q-1. The van der Waals surface area contributed by atoms with Crippen LogP contribution in [0.2, 0.25) is 6.32 Å². The summed E-state index contributed by atoms with van der Waals surface area (Å²) in [5.41, 5.74) is -0.581. The molecule has 0 atom stereocenters. The monoisotopic (exact) mass is 252 g/mol. The summed E-state index contributed by atoms with van der Waals surface area (Å²) in [6, 6.07) is -0.173. The fraction of sp³-hybridized carbons (Fsp3) is 0.900. The molecule has 0 spiro atoms. The Morgan fingerprint density at radius 2 is 1.88 bits per heavy atom. The lowest BCUT2D eigenvalue weighted by molar-refractivity contribution is 0.0456. The maximum absolute atomic E-state index is 12.1. The maximum Gasteiger partial charge on any atom is 0.478 e. The van der Waals surface area contributed by atoms with Crippen molar-refractivity contribution in [2.75, 3.05) is 0 Å². The van der Waals surface area contributed by atoms with E-state index in [0.717, 1.165) is 0 Å². The zero-order chi connectivity index (χ0) is 13.3. The Bertz CT molecular complexity index is 282. The first-order valence-corrected chi connectivity index (χ1v) is 5.76. The molecule has 100 valence electrons. The average Bonchev–Trinajstić information content (AvgIpc) is 1.93. The Morgan fingerprint density at radius 3 is 2.29 bits per heavy atom. The highest BCUT2D eigenvalue weighted by molar-refractivity contribution is 6.58. The van der Waals surface area contributed by atoms with E-state index in [9.17, 15) is 17.7 Å². The first-order valence-electron chi connectivity index (χ1n) is 5.76. The third-order valence-corrected chi connectivity index (χ3v) is 2.56. The lowest BCUT2D eigenvalue weighted by Crippen LogP contribution is -2.47. The second-order valence-corrected chi connectivity index (χ2v) is 5.63. The number of hydrogen-bond acceptors (Lipinski definition) is 2. The zero-order valence-electron chi connectivity index (χ0n) is 10.3. The minimum absolute atomic E-state index is 0.173. The molecule has 0 radical (unpaired) electrons. The van der Waals surface area contributed by atoms with E-state index in [2.05, 4.69) is 5.32 Å². The van der Waals surface area contributed by atoms with Crippen molar-refractivity contribution in [3.8, 4) is 0 Å². The Hall–Kier alpha value is -0.875. The molecule has 0 bridgehead atoms. The second kappa shape index (κ2) is 4.78. The molecule has 0 aliphatic heterocycles. The molecule has 1 saturated carbocycles. The summed E-state index contributed by atoms with van der Waals surface area (Å²) < 4.78 is 41.3. The molecule has 3 nitrogen and oxygen atoms in total. The molecule has 0 aromatic carbocycles. The number of hydrogen-bond donors (Lipinski definition) is 1. The Balaban J connectivity index is 2.19. The average molecular weight is 252 g/mol. The minimum Gasteiger partial charge on any atom is -0.449 e. The molecule has 0 heterocycles. The summed E-state index contributed by atoms with van der Waals surface area (Å²) in [5, 5.41) is 2.57. The lowest BCUT2D eigenvalue weighted by atomic mass is 9.67. The van der Waals surface area contributed by atoms with Crippen molar-refractivity contribution in [3.63, 3.8) is 0 Å². The topological polar surface area (TPSA) is 38.3 Å². The summed E-state index contributed by atoms with van der Waals surface area (Å²) in [5.74, 6) is -0.338. The Labute approximate surface area is 99.1 Å². The van der Waals surface area contributed by atoms with Gasteiger partial charge in [-0.2, -0.15) is 0 Å². The molecule has 0 unspecified atom stereocenters. The van der Waals surface area contributed by atoms with Gasteiger partial charge >= 0.3 is 13.1 Å². The molecule has 1 aliphatic carbocycles. The van der Waals surface area contributed by atoms with Crippen LogP contribution >= 0.6 is 0 Å². The van der Waals surface area contributed by atoms with Crippen LogP contribution < -0.4 is 5.32 Å². The van der Waals surface area contributed by atoms with Crippen molar-refractivity contribution in [2.24, 2.45) is 5.92 Å². The SMILES string of the molecule is CC(C)(C)OC(=O)NC1CC(C[B-](F)(F)F)C1. The van der Waals surface area contributed by atoms with Gasteiger partial charge in [0.2, 0.25) is 0 Å². The number of halogens is 3. The highest BCUT2D eigenvalue weighted by Gasteiger charge is 2.36. The molecule has 1 N–H and O–H groups in total. The van der Waals surface area contributed by atoms with Crippen LogP contribution in [0.5, 0.6) is 0 Å². The van der Waals surface area contributed by atoms with Gasteiger partial charge in [0.1, 0.15) is 5.60 Å². The molecule has 0 aromatic heterocycles. The number of carbonyl (C=O) groups is 1. The number of nitrogens with one attached hydrogen (secondary N) is 1. The van der Waals surface area contributed by atoms with E-state index < -0.39 is 25.0 Å².